The quantitative estimate of drug-likeness (QED) is 0.775. The zero-order chi connectivity index (χ0) is 21.1. The fraction of sp³-hybridized carbons (Fsp3) is 0.565. The van der Waals surface area contributed by atoms with E-state index in [9.17, 15) is 4.79 Å². The molecule has 0 aliphatic carbocycles. The molecular weight excluding hydrogens is 382 g/mol. The van der Waals surface area contributed by atoms with Gasteiger partial charge >= 0.3 is 0 Å². The zero-order valence-electron chi connectivity index (χ0n) is 18.1. The van der Waals surface area contributed by atoms with Gasteiger partial charge in [0.15, 0.2) is 11.5 Å². The Morgan fingerprint density at radius 1 is 1.33 bits per heavy atom. The number of hydrogen-bond acceptors (Lipinski definition) is 5. The van der Waals surface area contributed by atoms with Crippen LogP contribution in [0.15, 0.2) is 30.6 Å². The minimum Gasteiger partial charge on any atom is -0.493 e. The molecule has 1 aromatic heterocycles. The van der Waals surface area contributed by atoms with Crippen molar-refractivity contribution in [3.63, 3.8) is 0 Å². The first kappa shape index (κ1) is 19.4. The van der Waals surface area contributed by atoms with Crippen LogP contribution in [0, 0.1) is 11.3 Å². The summed E-state index contributed by atoms with van der Waals surface area (Å²) in [5.74, 6) is 1.80. The van der Waals surface area contributed by atoms with Crippen LogP contribution in [-0.4, -0.2) is 53.0 Å². The van der Waals surface area contributed by atoms with Crippen molar-refractivity contribution < 1.29 is 19.0 Å². The number of rotatable bonds is 3. The second-order valence-corrected chi connectivity index (χ2v) is 9.37. The number of carbonyl (C=O) groups excluding carboxylic acids is 1. The molecule has 0 unspecified atom stereocenters. The summed E-state index contributed by atoms with van der Waals surface area (Å²) in [6.07, 6.45) is 4.44. The highest BCUT2D eigenvalue weighted by Crippen LogP contribution is 2.56. The molecule has 30 heavy (non-hydrogen) atoms. The van der Waals surface area contributed by atoms with E-state index in [-0.39, 0.29) is 28.9 Å². The molecule has 1 spiro atoms. The topological polar surface area (TPSA) is 65.8 Å². The summed E-state index contributed by atoms with van der Waals surface area (Å²) in [5, 5.41) is 4.23. The van der Waals surface area contributed by atoms with Gasteiger partial charge in [-0.25, -0.2) is 0 Å². The van der Waals surface area contributed by atoms with Gasteiger partial charge in [-0.15, -0.1) is 0 Å². The number of para-hydroxylation sites is 1. The Morgan fingerprint density at radius 2 is 2.13 bits per heavy atom. The van der Waals surface area contributed by atoms with Crippen LogP contribution < -0.4 is 9.47 Å². The highest BCUT2D eigenvalue weighted by Gasteiger charge is 2.57. The highest BCUT2D eigenvalue weighted by molar-refractivity contribution is 5.94. The van der Waals surface area contributed by atoms with Crippen molar-refractivity contribution in [2.45, 2.75) is 45.4 Å². The number of nitrogens with zero attached hydrogens (tertiary/aromatic N) is 3. The fourth-order valence-electron chi connectivity index (χ4n) is 5.25. The molecule has 7 nitrogen and oxygen atoms in total. The van der Waals surface area contributed by atoms with Crippen molar-refractivity contribution in [3.05, 3.63) is 41.7 Å². The lowest BCUT2D eigenvalue weighted by atomic mass is 9.64. The molecule has 7 heteroatoms. The highest BCUT2D eigenvalue weighted by atomic mass is 16.5. The standard InChI is InChI=1S/C23H29N3O4/c1-5-26-11-15(10-24-26)21(27)25-12-23(13-25)9-17-19(29-14-23)16-7-6-8-18(28-4)20(16)30-22(17,2)3/h6-8,10-11,17,19H,5,9,12-14H2,1-4H3/t17-,19+/m0/s1. The van der Waals surface area contributed by atoms with Crippen LogP contribution in [-0.2, 0) is 11.3 Å². The predicted molar refractivity (Wildman–Crippen MR) is 111 cm³/mol. The van der Waals surface area contributed by atoms with E-state index in [0.717, 1.165) is 30.0 Å². The number of fused-ring (bicyclic) bond motifs is 3. The molecule has 0 N–H and O–H groups in total. The molecule has 0 saturated carbocycles. The average Bonchev–Trinajstić information content (AvgIpc) is 3.20. The Morgan fingerprint density at radius 3 is 2.83 bits per heavy atom. The van der Waals surface area contributed by atoms with Crippen molar-refractivity contribution in [3.8, 4) is 11.5 Å². The van der Waals surface area contributed by atoms with Gasteiger partial charge in [-0.2, -0.15) is 5.10 Å². The lowest BCUT2D eigenvalue weighted by Gasteiger charge is -2.58. The van der Waals surface area contributed by atoms with E-state index >= 15 is 0 Å². The number of likely N-dealkylation sites (tertiary alicyclic amines) is 1. The third-order valence-electron chi connectivity index (χ3n) is 6.93. The summed E-state index contributed by atoms with van der Waals surface area (Å²) in [6.45, 7) is 9.11. The van der Waals surface area contributed by atoms with Crippen molar-refractivity contribution in [1.29, 1.82) is 0 Å². The lowest BCUT2D eigenvalue weighted by molar-refractivity contribution is -0.192. The van der Waals surface area contributed by atoms with E-state index in [1.165, 1.54) is 0 Å². The van der Waals surface area contributed by atoms with E-state index in [4.69, 9.17) is 14.2 Å². The van der Waals surface area contributed by atoms with Gasteiger partial charge in [0.1, 0.15) is 5.60 Å². The maximum Gasteiger partial charge on any atom is 0.257 e. The molecule has 0 bridgehead atoms. The van der Waals surface area contributed by atoms with Gasteiger partial charge in [-0.05, 0) is 33.3 Å². The van der Waals surface area contributed by atoms with Crippen LogP contribution in [0.2, 0.25) is 0 Å². The van der Waals surface area contributed by atoms with Gasteiger partial charge in [-0.1, -0.05) is 12.1 Å². The van der Waals surface area contributed by atoms with Gasteiger partial charge in [0.2, 0.25) is 0 Å². The molecule has 3 aliphatic heterocycles. The Kier molecular flexibility index (Phi) is 4.36. The van der Waals surface area contributed by atoms with E-state index in [1.54, 1.807) is 18.0 Å². The number of aromatic nitrogens is 2. The molecule has 4 heterocycles. The smallest absolute Gasteiger partial charge is 0.257 e. The maximum absolute atomic E-state index is 12.8. The Bertz CT molecular complexity index is 977. The van der Waals surface area contributed by atoms with E-state index in [0.29, 0.717) is 25.3 Å². The Hall–Kier alpha value is -2.54. The van der Waals surface area contributed by atoms with Gasteiger partial charge in [-0.3, -0.25) is 9.48 Å². The molecule has 1 amide bonds. The van der Waals surface area contributed by atoms with E-state index < -0.39 is 0 Å². The Balaban J connectivity index is 1.34. The van der Waals surface area contributed by atoms with Crippen LogP contribution in [0.3, 0.4) is 0 Å². The number of ether oxygens (including phenoxy) is 3. The van der Waals surface area contributed by atoms with Crippen LogP contribution in [0.1, 0.15) is 49.2 Å². The van der Waals surface area contributed by atoms with Gasteiger partial charge < -0.3 is 19.1 Å². The predicted octanol–water partition coefficient (Wildman–Crippen LogP) is 3.30. The second kappa shape index (κ2) is 6.74. The zero-order valence-corrected chi connectivity index (χ0v) is 18.1. The third-order valence-corrected chi connectivity index (χ3v) is 6.93. The van der Waals surface area contributed by atoms with Crippen molar-refractivity contribution in [1.82, 2.24) is 14.7 Å². The van der Waals surface area contributed by atoms with Gasteiger partial charge in [0.25, 0.3) is 5.91 Å². The lowest BCUT2D eigenvalue weighted by Crippen LogP contribution is -2.65. The number of benzene rings is 1. The van der Waals surface area contributed by atoms with Crippen LogP contribution in [0.4, 0.5) is 0 Å². The summed E-state index contributed by atoms with van der Waals surface area (Å²) < 4.78 is 20.2. The van der Waals surface area contributed by atoms with Crippen LogP contribution >= 0.6 is 0 Å². The summed E-state index contributed by atoms with van der Waals surface area (Å²) in [7, 11) is 1.67. The summed E-state index contributed by atoms with van der Waals surface area (Å²) >= 11 is 0. The Labute approximate surface area is 176 Å². The SMILES string of the molecule is CCn1cc(C(=O)N2CC3(CO[C@@H]4c5cccc(OC)c5OC(C)(C)[C@H]4C3)C2)cn1. The van der Waals surface area contributed by atoms with E-state index in [1.807, 2.05) is 30.2 Å². The fourth-order valence-corrected chi connectivity index (χ4v) is 5.25. The molecular formula is C23H29N3O4. The molecule has 5 rings (SSSR count). The molecule has 1 aromatic carbocycles. The van der Waals surface area contributed by atoms with Crippen LogP contribution in [0.25, 0.3) is 0 Å². The summed E-state index contributed by atoms with van der Waals surface area (Å²) in [5.41, 5.74) is 1.33. The first-order chi connectivity index (χ1) is 14.4. The normalized spacial score (nSPS) is 25.7. The first-order valence-electron chi connectivity index (χ1n) is 10.6. The molecule has 160 valence electrons. The summed E-state index contributed by atoms with van der Waals surface area (Å²) in [6, 6.07) is 5.99. The molecule has 2 saturated heterocycles. The van der Waals surface area contributed by atoms with Crippen LogP contribution in [0.5, 0.6) is 11.5 Å². The van der Waals surface area contributed by atoms with Crippen molar-refractivity contribution in [2.75, 3.05) is 26.8 Å². The van der Waals surface area contributed by atoms with Crippen molar-refractivity contribution in [2.24, 2.45) is 11.3 Å². The molecule has 2 aromatic rings. The minimum absolute atomic E-state index is 0.00538. The molecule has 3 aliphatic rings. The second-order valence-electron chi connectivity index (χ2n) is 9.37. The number of carbonyl (C=O) groups is 1. The number of methoxy groups -OCH3 is 1. The third kappa shape index (κ3) is 2.90. The van der Waals surface area contributed by atoms with Gasteiger partial charge in [0, 0.05) is 42.7 Å². The molecule has 2 atom stereocenters. The molecule has 0 radical (unpaired) electrons. The maximum atomic E-state index is 12.8. The summed E-state index contributed by atoms with van der Waals surface area (Å²) in [4.78, 5) is 14.7. The average molecular weight is 412 g/mol. The largest absolute Gasteiger partial charge is 0.493 e. The molecule has 2 fully saturated rings. The number of hydrogen-bond donors (Lipinski definition) is 0. The number of amides is 1. The van der Waals surface area contributed by atoms with Crippen molar-refractivity contribution >= 4 is 5.91 Å². The first-order valence-corrected chi connectivity index (χ1v) is 10.6. The monoisotopic (exact) mass is 411 g/mol. The van der Waals surface area contributed by atoms with E-state index in [2.05, 4.69) is 25.0 Å². The number of aryl methyl sites for hydroxylation is 1. The van der Waals surface area contributed by atoms with Gasteiger partial charge in [0.05, 0.1) is 31.6 Å². The minimum atomic E-state index is -0.383.